The molecule has 6 heteroatoms. The topological polar surface area (TPSA) is 68.0 Å². The summed E-state index contributed by atoms with van der Waals surface area (Å²) >= 11 is 3.40. The van der Waals surface area contributed by atoms with Crippen LogP contribution in [-0.4, -0.2) is 22.6 Å². The van der Waals surface area contributed by atoms with Crippen LogP contribution in [0.4, 0.5) is 0 Å². The summed E-state index contributed by atoms with van der Waals surface area (Å²) in [5.74, 6) is 0.412. The van der Waals surface area contributed by atoms with Gasteiger partial charge in [-0.15, -0.1) is 0 Å². The fourth-order valence-electron chi connectivity index (χ4n) is 1.54. The lowest BCUT2D eigenvalue weighted by Crippen LogP contribution is -2.26. The maximum absolute atomic E-state index is 11.9. The first-order valence-electron chi connectivity index (χ1n) is 5.47. The van der Waals surface area contributed by atoms with Gasteiger partial charge in [-0.2, -0.15) is 4.98 Å². The number of carbonyl (C=O) groups excluding carboxylic acids is 1. The molecule has 0 radical (unpaired) electrons. The number of amides is 1. The van der Waals surface area contributed by atoms with Crippen LogP contribution in [0.1, 0.15) is 21.8 Å². The number of hydrogen-bond donors (Lipinski definition) is 1. The first kappa shape index (κ1) is 12.8. The third kappa shape index (κ3) is 2.95. The first-order valence-corrected chi connectivity index (χ1v) is 6.26. The summed E-state index contributed by atoms with van der Waals surface area (Å²) in [6, 6.07) is 5.54. The molecule has 2 aromatic rings. The number of nitrogens with one attached hydrogen (secondary N) is 1. The Kier molecular flexibility index (Phi) is 4.09. The van der Waals surface area contributed by atoms with Crippen molar-refractivity contribution in [3.63, 3.8) is 0 Å². The summed E-state index contributed by atoms with van der Waals surface area (Å²) in [6.45, 7) is 2.37. The van der Waals surface area contributed by atoms with E-state index in [1.54, 1.807) is 6.07 Å². The molecule has 94 valence electrons. The molecule has 0 saturated carbocycles. The highest BCUT2D eigenvalue weighted by molar-refractivity contribution is 9.10. The Morgan fingerprint density at radius 1 is 1.50 bits per heavy atom. The second kappa shape index (κ2) is 5.77. The number of aromatic nitrogens is 2. The van der Waals surface area contributed by atoms with Gasteiger partial charge in [0.05, 0.1) is 0 Å². The Morgan fingerprint density at radius 3 is 3.06 bits per heavy atom. The lowest BCUT2D eigenvalue weighted by atomic mass is 10.1. The van der Waals surface area contributed by atoms with Crippen molar-refractivity contribution in [3.8, 4) is 0 Å². The van der Waals surface area contributed by atoms with Crippen LogP contribution in [0.15, 0.2) is 33.5 Å². The third-order valence-electron chi connectivity index (χ3n) is 2.54. The third-order valence-corrected chi connectivity index (χ3v) is 3.40. The lowest BCUT2D eigenvalue weighted by molar-refractivity contribution is 0.0952. The zero-order chi connectivity index (χ0) is 13.0. The molecular formula is C12H12BrN3O2. The minimum atomic E-state index is -0.103. The van der Waals surface area contributed by atoms with Gasteiger partial charge in [-0.05, 0) is 24.6 Å². The number of hydrogen-bond acceptors (Lipinski definition) is 4. The van der Waals surface area contributed by atoms with E-state index in [1.807, 2.05) is 19.1 Å². The van der Waals surface area contributed by atoms with Gasteiger partial charge in [-0.3, -0.25) is 4.79 Å². The van der Waals surface area contributed by atoms with Crippen LogP contribution in [0.25, 0.3) is 0 Å². The van der Waals surface area contributed by atoms with Crippen molar-refractivity contribution in [2.45, 2.75) is 13.3 Å². The quantitative estimate of drug-likeness (QED) is 0.939. The maximum Gasteiger partial charge on any atom is 0.251 e. The van der Waals surface area contributed by atoms with Crippen LogP contribution in [0.2, 0.25) is 0 Å². The monoisotopic (exact) mass is 309 g/mol. The van der Waals surface area contributed by atoms with Crippen LogP contribution in [-0.2, 0) is 6.42 Å². The standard InChI is InChI=1S/C12H12BrN3O2/c1-8-9(3-2-4-10(8)13)12(17)14-6-5-11-15-7-16-18-11/h2-4,7H,5-6H2,1H3,(H,14,17). The van der Waals surface area contributed by atoms with Gasteiger partial charge in [0, 0.05) is 23.0 Å². The normalized spacial score (nSPS) is 10.3. The van der Waals surface area contributed by atoms with Gasteiger partial charge in [0.25, 0.3) is 5.91 Å². The van der Waals surface area contributed by atoms with Crippen molar-refractivity contribution >= 4 is 21.8 Å². The van der Waals surface area contributed by atoms with Crippen molar-refractivity contribution in [2.24, 2.45) is 0 Å². The molecule has 1 heterocycles. The van der Waals surface area contributed by atoms with E-state index in [0.717, 1.165) is 10.0 Å². The van der Waals surface area contributed by atoms with E-state index in [9.17, 15) is 4.79 Å². The summed E-state index contributed by atoms with van der Waals surface area (Å²) in [5.41, 5.74) is 1.59. The van der Waals surface area contributed by atoms with E-state index in [4.69, 9.17) is 4.52 Å². The molecule has 0 aliphatic rings. The van der Waals surface area contributed by atoms with Crippen molar-refractivity contribution in [2.75, 3.05) is 6.54 Å². The fraction of sp³-hybridized carbons (Fsp3) is 0.250. The number of halogens is 1. The fourth-order valence-corrected chi connectivity index (χ4v) is 1.90. The van der Waals surface area contributed by atoms with E-state index >= 15 is 0 Å². The molecule has 5 nitrogen and oxygen atoms in total. The predicted molar refractivity (Wildman–Crippen MR) is 69.2 cm³/mol. The lowest BCUT2D eigenvalue weighted by Gasteiger charge is -2.07. The molecule has 1 amide bonds. The smallest absolute Gasteiger partial charge is 0.251 e. The predicted octanol–water partition coefficient (Wildman–Crippen LogP) is 2.11. The van der Waals surface area contributed by atoms with Crippen LogP contribution >= 0.6 is 15.9 Å². The minimum Gasteiger partial charge on any atom is -0.352 e. The molecule has 1 aromatic heterocycles. The second-order valence-corrected chi connectivity index (χ2v) is 4.61. The van der Waals surface area contributed by atoms with E-state index in [0.29, 0.717) is 24.4 Å². The summed E-state index contributed by atoms with van der Waals surface area (Å²) in [7, 11) is 0. The maximum atomic E-state index is 11.9. The molecule has 1 N–H and O–H groups in total. The molecule has 0 atom stereocenters. The van der Waals surface area contributed by atoms with Crippen LogP contribution in [0, 0.1) is 6.92 Å². The summed E-state index contributed by atoms with van der Waals surface area (Å²) in [4.78, 5) is 15.8. The van der Waals surface area contributed by atoms with Crippen LogP contribution in [0.3, 0.4) is 0 Å². The molecule has 0 fully saturated rings. The number of rotatable bonds is 4. The Bertz CT molecular complexity index is 540. The SMILES string of the molecule is Cc1c(Br)cccc1C(=O)NCCc1ncno1. The highest BCUT2D eigenvalue weighted by Crippen LogP contribution is 2.19. The average molecular weight is 310 g/mol. The van der Waals surface area contributed by atoms with Gasteiger partial charge in [-0.1, -0.05) is 27.2 Å². The van der Waals surface area contributed by atoms with Crippen LogP contribution in [0.5, 0.6) is 0 Å². The summed E-state index contributed by atoms with van der Waals surface area (Å²) in [6.07, 6.45) is 1.87. The van der Waals surface area contributed by atoms with E-state index < -0.39 is 0 Å². The molecule has 0 bridgehead atoms. The second-order valence-electron chi connectivity index (χ2n) is 3.75. The number of nitrogens with zero attached hydrogens (tertiary/aromatic N) is 2. The minimum absolute atomic E-state index is 0.103. The van der Waals surface area contributed by atoms with Gasteiger partial charge < -0.3 is 9.84 Å². The van der Waals surface area contributed by atoms with Gasteiger partial charge in [0.2, 0.25) is 5.89 Å². The van der Waals surface area contributed by atoms with Gasteiger partial charge in [0.1, 0.15) is 0 Å². The molecule has 2 rings (SSSR count). The molecule has 1 aromatic carbocycles. The Balaban J connectivity index is 1.93. The Hall–Kier alpha value is -1.69. The first-order chi connectivity index (χ1) is 8.68. The van der Waals surface area contributed by atoms with Gasteiger partial charge >= 0.3 is 0 Å². The largest absolute Gasteiger partial charge is 0.352 e. The van der Waals surface area contributed by atoms with Crippen molar-refractivity contribution in [3.05, 3.63) is 46.0 Å². The highest BCUT2D eigenvalue weighted by atomic mass is 79.9. The van der Waals surface area contributed by atoms with Crippen molar-refractivity contribution < 1.29 is 9.32 Å². The molecule has 0 spiro atoms. The van der Waals surface area contributed by atoms with Crippen LogP contribution < -0.4 is 5.32 Å². The number of benzene rings is 1. The average Bonchev–Trinajstić information content (AvgIpc) is 2.85. The van der Waals surface area contributed by atoms with E-state index in [2.05, 4.69) is 31.4 Å². The zero-order valence-electron chi connectivity index (χ0n) is 9.81. The van der Waals surface area contributed by atoms with Gasteiger partial charge in [0.15, 0.2) is 6.33 Å². The van der Waals surface area contributed by atoms with Gasteiger partial charge in [-0.25, -0.2) is 0 Å². The summed E-state index contributed by atoms with van der Waals surface area (Å²) in [5, 5.41) is 6.32. The molecule has 0 unspecified atom stereocenters. The molecule has 0 saturated heterocycles. The molecule has 18 heavy (non-hydrogen) atoms. The Labute approximate surface area is 113 Å². The molecule has 0 aliphatic carbocycles. The summed E-state index contributed by atoms with van der Waals surface area (Å²) < 4.78 is 5.77. The molecular weight excluding hydrogens is 298 g/mol. The Morgan fingerprint density at radius 2 is 2.33 bits per heavy atom. The van der Waals surface area contributed by atoms with Crippen molar-refractivity contribution in [1.29, 1.82) is 0 Å². The van der Waals surface area contributed by atoms with E-state index in [1.165, 1.54) is 6.33 Å². The highest BCUT2D eigenvalue weighted by Gasteiger charge is 2.10. The zero-order valence-corrected chi connectivity index (χ0v) is 11.4. The number of carbonyl (C=O) groups is 1. The van der Waals surface area contributed by atoms with E-state index in [-0.39, 0.29) is 5.91 Å². The molecule has 0 aliphatic heterocycles. The van der Waals surface area contributed by atoms with Crippen molar-refractivity contribution in [1.82, 2.24) is 15.5 Å².